The number of aliphatic hydroxyl groups excluding tert-OH is 2. The second kappa shape index (κ2) is 17.9. The molecule has 0 aliphatic carbocycles. The highest BCUT2D eigenvalue weighted by Crippen LogP contribution is 2.31. The van der Waals surface area contributed by atoms with Crippen molar-refractivity contribution in [3.8, 4) is 11.5 Å². The van der Waals surface area contributed by atoms with E-state index in [4.69, 9.17) is 28.9 Å². The van der Waals surface area contributed by atoms with Crippen molar-refractivity contribution < 1.29 is 37.9 Å². The Morgan fingerprint density at radius 2 is 1.04 bits per heavy atom. The van der Waals surface area contributed by atoms with E-state index < -0.39 is 12.2 Å². The zero-order chi connectivity index (χ0) is 39.0. The third-order valence-electron chi connectivity index (χ3n) is 9.58. The molecule has 12 nitrogen and oxygen atoms in total. The van der Waals surface area contributed by atoms with Crippen LogP contribution in [0.2, 0.25) is 0 Å². The normalized spacial score (nSPS) is 15.6. The molecule has 0 radical (unpaired) electrons. The molecule has 2 fully saturated rings. The van der Waals surface area contributed by atoms with Crippen LogP contribution in [-0.4, -0.2) is 82.8 Å². The van der Waals surface area contributed by atoms with Gasteiger partial charge in [0.25, 0.3) is 0 Å². The summed E-state index contributed by atoms with van der Waals surface area (Å²) in [6.07, 6.45) is 2.70. The SMILES string of the molecule is CC(Oc1cccc(F)c1)c1cc(CO)cc2ncc(N3CCOCC3)nc12.CC(Oc1cccc(F)c1)c1cc(CO)cc2ncc(N3CCOCC3)nc12. The quantitative estimate of drug-likeness (QED) is 0.158. The lowest BCUT2D eigenvalue weighted by Crippen LogP contribution is -2.36. The van der Waals surface area contributed by atoms with Crippen LogP contribution in [0.15, 0.2) is 85.2 Å². The Labute approximate surface area is 323 Å². The maximum absolute atomic E-state index is 13.5. The number of rotatable bonds is 10. The van der Waals surface area contributed by atoms with Gasteiger partial charge >= 0.3 is 0 Å². The van der Waals surface area contributed by atoms with Crippen LogP contribution < -0.4 is 19.3 Å². The molecule has 4 heterocycles. The van der Waals surface area contributed by atoms with E-state index in [-0.39, 0.29) is 24.8 Å². The molecule has 4 aromatic carbocycles. The molecular formula is C42H44F2N6O6. The Morgan fingerprint density at radius 3 is 1.41 bits per heavy atom. The smallest absolute Gasteiger partial charge is 0.148 e. The van der Waals surface area contributed by atoms with E-state index in [0.717, 1.165) is 60.1 Å². The predicted octanol–water partition coefficient (Wildman–Crippen LogP) is 6.48. The topological polar surface area (TPSA) is 135 Å². The van der Waals surface area contributed by atoms with Crippen molar-refractivity contribution in [3.05, 3.63) is 119 Å². The fourth-order valence-electron chi connectivity index (χ4n) is 6.69. The number of hydrogen-bond acceptors (Lipinski definition) is 12. The summed E-state index contributed by atoms with van der Waals surface area (Å²) < 4.78 is 49.7. The van der Waals surface area contributed by atoms with Crippen molar-refractivity contribution in [2.75, 3.05) is 62.4 Å². The largest absolute Gasteiger partial charge is 0.486 e. The monoisotopic (exact) mass is 766 g/mol. The van der Waals surface area contributed by atoms with Gasteiger partial charge in [-0.05, 0) is 73.5 Å². The lowest BCUT2D eigenvalue weighted by atomic mass is 10.0. The Balaban J connectivity index is 0.000000172. The molecule has 292 valence electrons. The predicted molar refractivity (Wildman–Crippen MR) is 208 cm³/mol. The van der Waals surface area contributed by atoms with Gasteiger partial charge in [-0.15, -0.1) is 0 Å². The first-order valence-corrected chi connectivity index (χ1v) is 18.6. The molecule has 14 heteroatoms. The zero-order valence-corrected chi connectivity index (χ0v) is 31.3. The van der Waals surface area contributed by atoms with E-state index in [1.807, 2.05) is 38.1 Å². The summed E-state index contributed by atoms with van der Waals surface area (Å²) in [5.74, 6) is 1.74. The van der Waals surface area contributed by atoms with E-state index in [2.05, 4.69) is 19.8 Å². The third-order valence-corrected chi connectivity index (χ3v) is 9.58. The zero-order valence-electron chi connectivity index (χ0n) is 31.3. The van der Waals surface area contributed by atoms with Crippen LogP contribution in [0, 0.1) is 11.6 Å². The van der Waals surface area contributed by atoms with Crippen LogP contribution in [0.5, 0.6) is 11.5 Å². The minimum absolute atomic E-state index is 0.109. The van der Waals surface area contributed by atoms with Gasteiger partial charge in [0.05, 0.1) is 74.1 Å². The van der Waals surface area contributed by atoms with Crippen molar-refractivity contribution in [3.63, 3.8) is 0 Å². The summed E-state index contributed by atoms with van der Waals surface area (Å²) in [6, 6.07) is 19.5. The van der Waals surface area contributed by atoms with Crippen LogP contribution in [0.1, 0.15) is 48.3 Å². The van der Waals surface area contributed by atoms with Crippen LogP contribution in [0.3, 0.4) is 0 Å². The van der Waals surface area contributed by atoms with Gasteiger partial charge in [-0.1, -0.05) is 12.1 Å². The molecule has 0 spiro atoms. The second-order valence-electron chi connectivity index (χ2n) is 13.5. The van der Waals surface area contributed by atoms with E-state index in [0.29, 0.717) is 60.0 Å². The summed E-state index contributed by atoms with van der Waals surface area (Å²) >= 11 is 0. The Morgan fingerprint density at radius 1 is 0.625 bits per heavy atom. The number of morpholine rings is 2. The van der Waals surface area contributed by atoms with Gasteiger partial charge in [0, 0.05) is 49.4 Å². The number of aliphatic hydroxyl groups is 2. The highest BCUT2D eigenvalue weighted by atomic mass is 19.1. The Kier molecular flexibility index (Phi) is 12.4. The van der Waals surface area contributed by atoms with Crippen LogP contribution >= 0.6 is 0 Å². The summed E-state index contributed by atoms with van der Waals surface area (Å²) in [7, 11) is 0. The standard InChI is InChI=1S/2C21H22FN3O3/c2*1-14(28-17-4-2-3-16(22)11-17)18-9-15(13-26)10-19-21(18)24-20(12-23-19)25-5-7-27-8-6-25/h2*2-4,9-12,14,26H,5-8,13H2,1H3. The van der Waals surface area contributed by atoms with Crippen LogP contribution in [0.4, 0.5) is 20.4 Å². The summed E-state index contributed by atoms with van der Waals surface area (Å²) in [4.78, 5) is 23.0. The molecule has 2 N–H and O–H groups in total. The Bertz CT molecular complexity index is 2110. The molecule has 0 saturated carbocycles. The number of hydrogen-bond donors (Lipinski definition) is 2. The lowest BCUT2D eigenvalue weighted by molar-refractivity contribution is 0.122. The summed E-state index contributed by atoms with van der Waals surface area (Å²) in [6.45, 7) is 9.24. The number of halogens is 2. The molecule has 8 rings (SSSR count). The molecule has 0 bridgehead atoms. The average Bonchev–Trinajstić information content (AvgIpc) is 3.23. The Hall–Kier alpha value is -5.54. The van der Waals surface area contributed by atoms with Crippen molar-refractivity contribution in [2.24, 2.45) is 0 Å². The van der Waals surface area contributed by atoms with E-state index in [9.17, 15) is 19.0 Å². The average molecular weight is 767 g/mol. The lowest BCUT2D eigenvalue weighted by Gasteiger charge is -2.28. The molecule has 2 unspecified atom stereocenters. The highest BCUT2D eigenvalue weighted by molar-refractivity contribution is 5.81. The molecule has 6 aromatic rings. The van der Waals surface area contributed by atoms with Crippen molar-refractivity contribution in [1.29, 1.82) is 0 Å². The van der Waals surface area contributed by atoms with Crippen molar-refractivity contribution >= 4 is 33.7 Å². The van der Waals surface area contributed by atoms with Crippen LogP contribution in [0.25, 0.3) is 22.1 Å². The summed E-state index contributed by atoms with van der Waals surface area (Å²) in [5, 5.41) is 19.3. The maximum atomic E-state index is 13.5. The number of anilines is 2. The first kappa shape index (κ1) is 38.7. The highest BCUT2D eigenvalue weighted by Gasteiger charge is 2.21. The van der Waals surface area contributed by atoms with Gasteiger partial charge in [0.2, 0.25) is 0 Å². The number of ether oxygens (including phenoxy) is 4. The molecular weight excluding hydrogens is 722 g/mol. The molecule has 2 aromatic heterocycles. The second-order valence-corrected chi connectivity index (χ2v) is 13.5. The molecule has 2 saturated heterocycles. The maximum Gasteiger partial charge on any atom is 0.148 e. The fraction of sp³-hybridized carbons (Fsp3) is 0.333. The molecule has 56 heavy (non-hydrogen) atoms. The van der Waals surface area contributed by atoms with E-state index in [1.54, 1.807) is 36.7 Å². The molecule has 2 aliphatic rings. The number of fused-ring (bicyclic) bond motifs is 2. The first-order chi connectivity index (χ1) is 27.3. The van der Waals surface area contributed by atoms with Crippen molar-refractivity contribution in [2.45, 2.75) is 39.3 Å². The first-order valence-electron chi connectivity index (χ1n) is 18.6. The van der Waals surface area contributed by atoms with Gasteiger partial charge in [-0.3, -0.25) is 9.97 Å². The van der Waals surface area contributed by atoms with Crippen LogP contribution in [-0.2, 0) is 22.7 Å². The fourth-order valence-corrected chi connectivity index (χ4v) is 6.69. The van der Waals surface area contributed by atoms with Crippen molar-refractivity contribution in [1.82, 2.24) is 19.9 Å². The number of nitrogens with zero attached hydrogens (tertiary/aromatic N) is 6. The number of aromatic nitrogens is 4. The minimum Gasteiger partial charge on any atom is -0.486 e. The van der Waals surface area contributed by atoms with Gasteiger partial charge in [0.15, 0.2) is 0 Å². The van der Waals surface area contributed by atoms with Gasteiger partial charge < -0.3 is 39.0 Å². The summed E-state index contributed by atoms with van der Waals surface area (Å²) in [5.41, 5.74) is 5.86. The van der Waals surface area contributed by atoms with Gasteiger partial charge in [-0.25, -0.2) is 18.7 Å². The minimum atomic E-state index is -0.398. The van der Waals surface area contributed by atoms with Gasteiger partial charge in [0.1, 0.15) is 47.0 Å². The third kappa shape index (κ3) is 9.28. The number of benzene rings is 4. The molecule has 2 aliphatic heterocycles. The van der Waals surface area contributed by atoms with E-state index in [1.165, 1.54) is 24.3 Å². The molecule has 2 atom stereocenters. The van der Waals surface area contributed by atoms with E-state index >= 15 is 0 Å². The molecule has 0 amide bonds. The van der Waals surface area contributed by atoms with Gasteiger partial charge in [-0.2, -0.15) is 0 Å².